The minimum absolute atomic E-state index is 0.0232. The summed E-state index contributed by atoms with van der Waals surface area (Å²) < 4.78 is 5.10. The molecular weight excluding hydrogens is 292 g/mol. The van der Waals surface area contributed by atoms with Crippen LogP contribution in [0.1, 0.15) is 43.8 Å². The maximum Gasteiger partial charge on any atom is 0.407 e. The van der Waals surface area contributed by atoms with E-state index < -0.39 is 11.7 Å². The van der Waals surface area contributed by atoms with E-state index in [1.54, 1.807) is 27.7 Å². The molecule has 1 heterocycles. The first-order valence-electron chi connectivity index (χ1n) is 6.73. The molecule has 0 bridgehead atoms. The Morgan fingerprint density at radius 3 is 2.57 bits per heavy atom. The quantitative estimate of drug-likeness (QED) is 0.549. The highest BCUT2D eigenvalue weighted by atomic mass is 32.1. The summed E-state index contributed by atoms with van der Waals surface area (Å²) in [5.74, 6) is 0.222. The molecule has 0 fully saturated rings. The van der Waals surface area contributed by atoms with E-state index in [1.807, 2.05) is 0 Å². The molecule has 0 aromatic carbocycles. The highest BCUT2D eigenvalue weighted by Crippen LogP contribution is 2.25. The van der Waals surface area contributed by atoms with Gasteiger partial charge in [0, 0.05) is 19.5 Å². The van der Waals surface area contributed by atoms with Crippen molar-refractivity contribution >= 4 is 34.2 Å². The second kappa shape index (κ2) is 7.26. The number of ketones is 1. The molecule has 0 aliphatic rings. The predicted octanol–water partition coefficient (Wildman–Crippen LogP) is 2.25. The normalized spacial score (nSPS) is 11.0. The highest BCUT2D eigenvalue weighted by Gasteiger charge is 2.16. The van der Waals surface area contributed by atoms with Crippen LogP contribution in [0.2, 0.25) is 0 Å². The fraction of sp³-hybridized carbons (Fsp3) is 0.615. The van der Waals surface area contributed by atoms with Crippen LogP contribution in [0.15, 0.2) is 0 Å². The van der Waals surface area contributed by atoms with Gasteiger partial charge in [0.15, 0.2) is 10.9 Å². The summed E-state index contributed by atoms with van der Waals surface area (Å²) in [5.41, 5.74) is 5.17. The van der Waals surface area contributed by atoms with E-state index in [1.165, 1.54) is 11.3 Å². The number of carbonyl (C=O) groups is 2. The van der Waals surface area contributed by atoms with Gasteiger partial charge in [0.2, 0.25) is 0 Å². The largest absolute Gasteiger partial charge is 0.444 e. The van der Waals surface area contributed by atoms with Crippen LogP contribution in [0.4, 0.5) is 15.7 Å². The summed E-state index contributed by atoms with van der Waals surface area (Å²) >= 11 is 1.22. The maximum absolute atomic E-state index is 11.6. The van der Waals surface area contributed by atoms with Gasteiger partial charge in [-0.1, -0.05) is 18.3 Å². The third-order valence-corrected chi connectivity index (χ3v) is 3.37. The average Bonchev–Trinajstić information content (AvgIpc) is 2.73. The van der Waals surface area contributed by atoms with Gasteiger partial charge in [0.25, 0.3) is 0 Å². The molecule has 0 radical (unpaired) electrons. The molecule has 0 aliphatic heterocycles. The molecule has 21 heavy (non-hydrogen) atoms. The molecule has 7 nitrogen and oxygen atoms in total. The van der Waals surface area contributed by atoms with Crippen LogP contribution >= 0.6 is 11.3 Å². The van der Waals surface area contributed by atoms with Crippen LogP contribution in [0, 0.1) is 0 Å². The zero-order valence-electron chi connectivity index (χ0n) is 12.8. The molecule has 0 atom stereocenters. The number of hydrogen-bond acceptors (Lipinski definition) is 7. The minimum Gasteiger partial charge on any atom is -0.444 e. The molecular formula is C13H22N4O3S. The summed E-state index contributed by atoms with van der Waals surface area (Å²) in [6.45, 7) is 8.02. The van der Waals surface area contributed by atoms with Gasteiger partial charge in [-0.3, -0.25) is 4.79 Å². The molecule has 1 aromatic rings. The highest BCUT2D eigenvalue weighted by molar-refractivity contribution is 7.18. The van der Waals surface area contributed by atoms with Gasteiger partial charge in [0.05, 0.1) is 0 Å². The SMILES string of the molecule is CCC(=O)c1sc(NCCNC(=O)OC(C)(C)C)nc1N. The molecule has 1 aromatic heterocycles. The van der Waals surface area contributed by atoms with Gasteiger partial charge in [-0.2, -0.15) is 0 Å². The van der Waals surface area contributed by atoms with Crippen molar-refractivity contribution in [2.45, 2.75) is 39.7 Å². The Hall–Kier alpha value is -1.83. The standard InChI is InChI=1S/C13H22N4O3S/c1-5-8(18)9-10(14)17-11(21-9)15-6-7-16-12(19)20-13(2,3)4/h5-7,14H2,1-4H3,(H,15,17)(H,16,19). The number of carbonyl (C=O) groups excluding carboxylic acids is 2. The second-order valence-corrected chi connectivity index (χ2v) is 6.36. The molecule has 0 unspecified atom stereocenters. The summed E-state index contributed by atoms with van der Waals surface area (Å²) in [4.78, 5) is 27.6. The van der Waals surface area contributed by atoms with Crippen molar-refractivity contribution in [2.24, 2.45) is 0 Å². The zero-order valence-corrected chi connectivity index (χ0v) is 13.6. The zero-order chi connectivity index (χ0) is 16.0. The lowest BCUT2D eigenvalue weighted by atomic mass is 10.2. The van der Waals surface area contributed by atoms with Crippen LogP contribution in [0.5, 0.6) is 0 Å². The monoisotopic (exact) mass is 314 g/mol. The maximum atomic E-state index is 11.6. The average molecular weight is 314 g/mol. The third-order valence-electron chi connectivity index (χ3n) is 2.30. The number of Topliss-reactive ketones (excluding diaryl/α,β-unsaturated/α-hetero) is 1. The Kier molecular flexibility index (Phi) is 5.95. The molecule has 8 heteroatoms. The third kappa shape index (κ3) is 5.99. The summed E-state index contributed by atoms with van der Waals surface area (Å²) in [6, 6.07) is 0. The lowest BCUT2D eigenvalue weighted by Gasteiger charge is -2.19. The van der Waals surface area contributed by atoms with Gasteiger partial charge in [-0.15, -0.1) is 0 Å². The second-order valence-electron chi connectivity index (χ2n) is 5.37. The van der Waals surface area contributed by atoms with Gasteiger partial charge in [-0.05, 0) is 20.8 Å². The number of nitrogens with zero attached hydrogens (tertiary/aromatic N) is 1. The van der Waals surface area contributed by atoms with E-state index in [9.17, 15) is 9.59 Å². The van der Waals surface area contributed by atoms with Crippen molar-refractivity contribution in [2.75, 3.05) is 24.1 Å². The summed E-state index contributed by atoms with van der Waals surface area (Å²) in [7, 11) is 0. The van der Waals surface area contributed by atoms with Gasteiger partial charge in [0.1, 0.15) is 16.3 Å². The van der Waals surface area contributed by atoms with Gasteiger partial charge < -0.3 is 21.1 Å². The number of nitrogens with one attached hydrogen (secondary N) is 2. The predicted molar refractivity (Wildman–Crippen MR) is 83.9 cm³/mol. The molecule has 1 rings (SSSR count). The number of anilines is 2. The summed E-state index contributed by atoms with van der Waals surface area (Å²) in [5, 5.41) is 6.19. The first kappa shape index (κ1) is 17.2. The van der Waals surface area contributed by atoms with Gasteiger partial charge >= 0.3 is 6.09 Å². The Bertz CT molecular complexity index is 508. The van der Waals surface area contributed by atoms with Crippen molar-refractivity contribution < 1.29 is 14.3 Å². The fourth-order valence-electron chi connectivity index (χ4n) is 1.42. The first-order chi connectivity index (χ1) is 9.73. The van der Waals surface area contributed by atoms with Crippen LogP contribution in [-0.2, 0) is 4.74 Å². The number of aromatic nitrogens is 1. The van der Waals surface area contributed by atoms with Gasteiger partial charge in [-0.25, -0.2) is 9.78 Å². The van der Waals surface area contributed by atoms with E-state index in [2.05, 4.69) is 15.6 Å². The van der Waals surface area contributed by atoms with E-state index in [4.69, 9.17) is 10.5 Å². The van der Waals surface area contributed by atoms with Crippen LogP contribution in [0.3, 0.4) is 0 Å². The minimum atomic E-state index is -0.517. The van der Waals surface area contributed by atoms with Crippen molar-refractivity contribution in [3.8, 4) is 0 Å². The summed E-state index contributed by atoms with van der Waals surface area (Å²) in [6.07, 6.45) is -0.0729. The Balaban J connectivity index is 2.37. The topological polar surface area (TPSA) is 106 Å². The van der Waals surface area contributed by atoms with E-state index in [0.717, 1.165) is 0 Å². The Labute approximate surface area is 128 Å². The Morgan fingerprint density at radius 1 is 1.33 bits per heavy atom. The van der Waals surface area contributed by atoms with Crippen molar-refractivity contribution in [1.29, 1.82) is 0 Å². The Morgan fingerprint density at radius 2 is 2.00 bits per heavy atom. The number of amides is 1. The fourth-order valence-corrected chi connectivity index (χ4v) is 2.34. The van der Waals surface area contributed by atoms with Crippen molar-refractivity contribution in [1.82, 2.24) is 10.3 Å². The molecule has 118 valence electrons. The van der Waals surface area contributed by atoms with Crippen LogP contribution < -0.4 is 16.4 Å². The molecule has 0 aliphatic carbocycles. The number of rotatable bonds is 6. The number of ether oxygens (including phenoxy) is 1. The number of thiazole rings is 1. The van der Waals surface area contributed by atoms with Crippen molar-refractivity contribution in [3.63, 3.8) is 0 Å². The molecule has 1 amide bonds. The number of nitrogens with two attached hydrogens (primary N) is 1. The number of nitrogen functional groups attached to an aromatic ring is 1. The molecule has 0 spiro atoms. The molecule has 4 N–H and O–H groups in total. The lowest BCUT2D eigenvalue weighted by molar-refractivity contribution is 0.0530. The molecule has 0 saturated heterocycles. The lowest BCUT2D eigenvalue weighted by Crippen LogP contribution is -2.34. The number of alkyl carbamates (subject to hydrolysis) is 1. The van der Waals surface area contributed by atoms with Crippen LogP contribution in [-0.4, -0.2) is 35.6 Å². The smallest absolute Gasteiger partial charge is 0.407 e. The number of hydrogen-bond donors (Lipinski definition) is 3. The van der Waals surface area contributed by atoms with E-state index in [-0.39, 0.29) is 11.6 Å². The van der Waals surface area contributed by atoms with Crippen molar-refractivity contribution in [3.05, 3.63) is 4.88 Å². The van der Waals surface area contributed by atoms with E-state index >= 15 is 0 Å². The molecule has 0 saturated carbocycles. The van der Waals surface area contributed by atoms with Crippen LogP contribution in [0.25, 0.3) is 0 Å². The first-order valence-corrected chi connectivity index (χ1v) is 7.54. The van der Waals surface area contributed by atoms with E-state index in [0.29, 0.717) is 29.5 Å².